The number of aromatic nitrogens is 1. The number of para-hydroxylation sites is 1. The topological polar surface area (TPSA) is 22.1 Å². The summed E-state index contributed by atoms with van der Waals surface area (Å²) < 4.78 is 5.91. The Bertz CT molecular complexity index is 606. The van der Waals surface area contributed by atoms with Gasteiger partial charge in [0.2, 0.25) is 5.88 Å². The number of ether oxygens (including phenoxy) is 1. The van der Waals surface area contributed by atoms with Crippen LogP contribution in [0.15, 0.2) is 36.4 Å². The van der Waals surface area contributed by atoms with Crippen LogP contribution in [0.4, 0.5) is 0 Å². The molecular formula is C16H17Cl2NO. The summed E-state index contributed by atoms with van der Waals surface area (Å²) in [6, 6.07) is 11.5. The molecule has 0 saturated heterocycles. The van der Waals surface area contributed by atoms with Gasteiger partial charge >= 0.3 is 0 Å². The second-order valence-corrected chi connectivity index (χ2v) is 6.23. The van der Waals surface area contributed by atoms with E-state index in [0.29, 0.717) is 16.6 Å². The van der Waals surface area contributed by atoms with E-state index in [9.17, 15) is 0 Å². The molecular weight excluding hydrogens is 293 g/mol. The van der Waals surface area contributed by atoms with Crippen molar-refractivity contribution < 1.29 is 4.74 Å². The molecule has 0 aliphatic carbocycles. The van der Waals surface area contributed by atoms with Gasteiger partial charge in [0, 0.05) is 11.6 Å². The standard InChI is InChI=1S/C16H17Cl2NO/c1-16(2,3)11-6-4-5-7-14(11)20-15-9-8-12(18)13(10-17)19-15/h4-9H,10H2,1-3H3. The molecule has 1 heterocycles. The Morgan fingerprint density at radius 1 is 1.10 bits per heavy atom. The molecule has 0 aliphatic rings. The summed E-state index contributed by atoms with van der Waals surface area (Å²) in [7, 11) is 0. The van der Waals surface area contributed by atoms with Crippen molar-refractivity contribution in [2.75, 3.05) is 0 Å². The van der Waals surface area contributed by atoms with E-state index in [1.54, 1.807) is 12.1 Å². The maximum absolute atomic E-state index is 6.00. The molecule has 0 N–H and O–H groups in total. The highest BCUT2D eigenvalue weighted by Gasteiger charge is 2.19. The van der Waals surface area contributed by atoms with E-state index in [0.717, 1.165) is 11.3 Å². The minimum Gasteiger partial charge on any atom is -0.439 e. The second kappa shape index (κ2) is 6.02. The molecule has 0 aliphatic heterocycles. The maximum Gasteiger partial charge on any atom is 0.219 e. The van der Waals surface area contributed by atoms with Crippen molar-refractivity contribution >= 4 is 23.2 Å². The summed E-state index contributed by atoms with van der Waals surface area (Å²) in [4.78, 5) is 4.32. The van der Waals surface area contributed by atoms with E-state index < -0.39 is 0 Å². The minimum absolute atomic E-state index is 0.00165. The number of halogens is 2. The number of nitrogens with zero attached hydrogens (tertiary/aromatic N) is 1. The summed E-state index contributed by atoms with van der Waals surface area (Å²) in [5, 5.41) is 0.552. The average Bonchev–Trinajstić information content (AvgIpc) is 2.40. The smallest absolute Gasteiger partial charge is 0.219 e. The van der Waals surface area contributed by atoms with Gasteiger partial charge in [-0.3, -0.25) is 0 Å². The lowest BCUT2D eigenvalue weighted by atomic mass is 9.86. The highest BCUT2D eigenvalue weighted by atomic mass is 35.5. The molecule has 2 aromatic rings. The van der Waals surface area contributed by atoms with Crippen molar-refractivity contribution in [3.63, 3.8) is 0 Å². The first kappa shape index (κ1) is 15.1. The average molecular weight is 310 g/mol. The number of pyridine rings is 1. The minimum atomic E-state index is -0.00165. The Labute approximate surface area is 129 Å². The van der Waals surface area contributed by atoms with E-state index in [4.69, 9.17) is 27.9 Å². The van der Waals surface area contributed by atoms with Gasteiger partial charge in [-0.05, 0) is 17.5 Å². The Kier molecular flexibility index (Phi) is 4.56. The van der Waals surface area contributed by atoms with Gasteiger partial charge in [0.15, 0.2) is 0 Å². The normalized spacial score (nSPS) is 11.4. The van der Waals surface area contributed by atoms with E-state index in [1.807, 2.05) is 18.2 Å². The van der Waals surface area contributed by atoms with Crippen molar-refractivity contribution in [2.45, 2.75) is 32.1 Å². The monoisotopic (exact) mass is 309 g/mol. The molecule has 0 bridgehead atoms. The third kappa shape index (κ3) is 3.44. The fourth-order valence-electron chi connectivity index (χ4n) is 1.90. The van der Waals surface area contributed by atoms with Gasteiger partial charge in [-0.25, -0.2) is 4.98 Å². The van der Waals surface area contributed by atoms with Crippen LogP contribution >= 0.6 is 23.2 Å². The molecule has 0 spiro atoms. The first-order valence-electron chi connectivity index (χ1n) is 6.40. The van der Waals surface area contributed by atoms with Gasteiger partial charge in [-0.15, -0.1) is 11.6 Å². The first-order valence-corrected chi connectivity index (χ1v) is 7.32. The van der Waals surface area contributed by atoms with Crippen LogP contribution in [0.1, 0.15) is 32.0 Å². The van der Waals surface area contributed by atoms with Gasteiger partial charge in [0.1, 0.15) is 5.75 Å². The SMILES string of the molecule is CC(C)(C)c1ccccc1Oc1ccc(Cl)c(CCl)n1. The number of benzene rings is 1. The van der Waals surface area contributed by atoms with Crippen LogP contribution in [0.5, 0.6) is 11.6 Å². The third-order valence-corrected chi connectivity index (χ3v) is 3.53. The van der Waals surface area contributed by atoms with E-state index in [1.165, 1.54) is 0 Å². The highest BCUT2D eigenvalue weighted by molar-refractivity contribution is 6.32. The van der Waals surface area contributed by atoms with Crippen LogP contribution in [-0.4, -0.2) is 4.98 Å². The fourth-order valence-corrected chi connectivity index (χ4v) is 2.35. The molecule has 0 unspecified atom stereocenters. The molecule has 0 fully saturated rings. The zero-order valence-corrected chi connectivity index (χ0v) is 13.3. The van der Waals surface area contributed by atoms with E-state index in [2.05, 4.69) is 31.8 Å². The van der Waals surface area contributed by atoms with Crippen molar-refractivity contribution in [3.8, 4) is 11.6 Å². The molecule has 20 heavy (non-hydrogen) atoms. The molecule has 0 amide bonds. The van der Waals surface area contributed by atoms with Crippen LogP contribution in [-0.2, 0) is 11.3 Å². The van der Waals surface area contributed by atoms with Crippen LogP contribution in [0.2, 0.25) is 5.02 Å². The Balaban J connectivity index is 2.36. The molecule has 1 aromatic heterocycles. The fraction of sp³-hybridized carbons (Fsp3) is 0.312. The Morgan fingerprint density at radius 3 is 2.45 bits per heavy atom. The lowest BCUT2D eigenvalue weighted by Gasteiger charge is -2.22. The Hall–Kier alpha value is -1.25. The predicted octanol–water partition coefficient (Wildman–Crippen LogP) is 5.56. The lowest BCUT2D eigenvalue weighted by Crippen LogP contribution is -2.12. The predicted molar refractivity (Wildman–Crippen MR) is 84.0 cm³/mol. The van der Waals surface area contributed by atoms with Gasteiger partial charge in [0.25, 0.3) is 0 Å². The zero-order valence-electron chi connectivity index (χ0n) is 11.8. The zero-order chi connectivity index (χ0) is 14.8. The largest absolute Gasteiger partial charge is 0.439 e. The van der Waals surface area contributed by atoms with Crippen LogP contribution in [0.25, 0.3) is 0 Å². The molecule has 1 aromatic carbocycles. The van der Waals surface area contributed by atoms with Gasteiger partial charge in [-0.2, -0.15) is 0 Å². The number of alkyl halides is 1. The summed E-state index contributed by atoms with van der Waals surface area (Å²) >= 11 is 11.8. The Morgan fingerprint density at radius 2 is 1.80 bits per heavy atom. The van der Waals surface area contributed by atoms with E-state index >= 15 is 0 Å². The van der Waals surface area contributed by atoms with Crippen LogP contribution < -0.4 is 4.74 Å². The molecule has 4 heteroatoms. The molecule has 0 radical (unpaired) electrons. The van der Waals surface area contributed by atoms with Crippen LogP contribution in [0.3, 0.4) is 0 Å². The van der Waals surface area contributed by atoms with Crippen molar-refractivity contribution in [1.29, 1.82) is 0 Å². The van der Waals surface area contributed by atoms with Gasteiger partial charge < -0.3 is 4.74 Å². The molecule has 2 rings (SSSR count). The molecule has 0 saturated carbocycles. The number of hydrogen-bond donors (Lipinski definition) is 0. The van der Waals surface area contributed by atoms with Gasteiger partial charge in [0.05, 0.1) is 16.6 Å². The second-order valence-electron chi connectivity index (χ2n) is 5.56. The summed E-state index contributed by atoms with van der Waals surface area (Å²) in [6.45, 7) is 6.44. The number of rotatable bonds is 3. The third-order valence-electron chi connectivity index (χ3n) is 2.93. The molecule has 106 valence electrons. The quantitative estimate of drug-likeness (QED) is 0.692. The van der Waals surface area contributed by atoms with Crippen molar-refractivity contribution in [1.82, 2.24) is 4.98 Å². The highest BCUT2D eigenvalue weighted by Crippen LogP contribution is 2.33. The van der Waals surface area contributed by atoms with Gasteiger partial charge in [-0.1, -0.05) is 50.6 Å². The van der Waals surface area contributed by atoms with Crippen molar-refractivity contribution in [2.24, 2.45) is 0 Å². The number of hydrogen-bond acceptors (Lipinski definition) is 2. The van der Waals surface area contributed by atoms with Crippen molar-refractivity contribution in [3.05, 3.63) is 52.7 Å². The van der Waals surface area contributed by atoms with Crippen LogP contribution in [0, 0.1) is 0 Å². The van der Waals surface area contributed by atoms with E-state index in [-0.39, 0.29) is 11.3 Å². The first-order chi connectivity index (χ1) is 9.41. The summed E-state index contributed by atoms with van der Waals surface area (Å²) in [5.41, 5.74) is 1.75. The summed E-state index contributed by atoms with van der Waals surface area (Å²) in [5.74, 6) is 1.56. The maximum atomic E-state index is 6.00. The molecule has 0 atom stereocenters. The molecule has 2 nitrogen and oxygen atoms in total. The summed E-state index contributed by atoms with van der Waals surface area (Å²) in [6.07, 6.45) is 0. The lowest BCUT2D eigenvalue weighted by molar-refractivity contribution is 0.439.